The number of hydrogen-bond donors (Lipinski definition) is 1. The molecule has 1 saturated heterocycles. The van der Waals surface area contributed by atoms with E-state index in [1.54, 1.807) is 6.20 Å². The first kappa shape index (κ1) is 15.3. The van der Waals surface area contributed by atoms with Gasteiger partial charge in [0.1, 0.15) is 0 Å². The minimum absolute atomic E-state index is 0.123. The van der Waals surface area contributed by atoms with E-state index in [1.165, 1.54) is 24.8 Å². The molecule has 0 bridgehead atoms. The average molecular weight is 302 g/mol. The Balaban J connectivity index is 1.40. The fourth-order valence-corrected chi connectivity index (χ4v) is 3.32. The predicted molar refractivity (Wildman–Crippen MR) is 86.5 cm³/mol. The van der Waals surface area contributed by atoms with Crippen molar-refractivity contribution < 1.29 is 4.79 Å². The number of urea groups is 1. The summed E-state index contributed by atoms with van der Waals surface area (Å²) in [4.78, 5) is 20.6. The van der Waals surface area contributed by atoms with E-state index in [2.05, 4.69) is 28.3 Å². The summed E-state index contributed by atoms with van der Waals surface area (Å²) in [5.41, 5.74) is 1.22. The molecule has 2 fully saturated rings. The van der Waals surface area contributed by atoms with Gasteiger partial charge >= 0.3 is 6.03 Å². The molecule has 22 heavy (non-hydrogen) atoms. The van der Waals surface area contributed by atoms with Crippen molar-refractivity contribution in [3.63, 3.8) is 0 Å². The van der Waals surface area contributed by atoms with Gasteiger partial charge in [-0.15, -0.1) is 0 Å². The highest BCUT2D eigenvalue weighted by Crippen LogP contribution is 2.20. The third-order valence-electron chi connectivity index (χ3n) is 4.86. The molecule has 5 heteroatoms. The molecule has 1 N–H and O–H groups in total. The number of carbonyl (C=O) groups is 1. The number of nitrogens with one attached hydrogen (secondary N) is 1. The van der Waals surface area contributed by atoms with Gasteiger partial charge in [-0.05, 0) is 31.5 Å². The van der Waals surface area contributed by atoms with Crippen LogP contribution >= 0.6 is 0 Å². The fraction of sp³-hybridized carbons (Fsp3) is 0.647. The third-order valence-corrected chi connectivity index (χ3v) is 4.86. The lowest BCUT2D eigenvalue weighted by atomic mass is 9.95. The summed E-state index contributed by atoms with van der Waals surface area (Å²) in [5.74, 6) is 0. The van der Waals surface area contributed by atoms with Gasteiger partial charge in [0.25, 0.3) is 0 Å². The maximum absolute atomic E-state index is 12.2. The molecule has 3 rings (SSSR count). The van der Waals surface area contributed by atoms with Gasteiger partial charge in [0, 0.05) is 44.1 Å². The molecule has 1 aromatic heterocycles. The van der Waals surface area contributed by atoms with Crippen LogP contribution in [-0.2, 0) is 6.54 Å². The van der Waals surface area contributed by atoms with Crippen molar-refractivity contribution in [1.82, 2.24) is 20.1 Å². The summed E-state index contributed by atoms with van der Waals surface area (Å²) in [7, 11) is 2.12. The van der Waals surface area contributed by atoms with Crippen LogP contribution in [0, 0.1) is 0 Å². The first-order valence-corrected chi connectivity index (χ1v) is 8.37. The molecule has 0 spiro atoms. The summed E-state index contributed by atoms with van der Waals surface area (Å²) in [5, 5.41) is 3.19. The number of nitrogens with zero attached hydrogens (tertiary/aromatic N) is 3. The Morgan fingerprint density at radius 2 is 2.14 bits per heavy atom. The Hall–Kier alpha value is -1.62. The number of hydrogen-bond acceptors (Lipinski definition) is 3. The molecular formula is C17H26N4O. The molecule has 5 nitrogen and oxygen atoms in total. The predicted octanol–water partition coefficient (Wildman–Crippen LogP) is 2.24. The molecule has 0 unspecified atom stereocenters. The largest absolute Gasteiger partial charge is 0.335 e. The topological polar surface area (TPSA) is 48.5 Å². The van der Waals surface area contributed by atoms with Crippen LogP contribution in [0.25, 0.3) is 0 Å². The maximum atomic E-state index is 12.2. The number of amides is 2. The first-order valence-electron chi connectivity index (χ1n) is 8.37. The quantitative estimate of drug-likeness (QED) is 0.928. The smallest absolute Gasteiger partial charge is 0.317 e. The van der Waals surface area contributed by atoms with Gasteiger partial charge in [-0.2, -0.15) is 0 Å². The highest BCUT2D eigenvalue weighted by Gasteiger charge is 2.34. The van der Waals surface area contributed by atoms with E-state index in [0.29, 0.717) is 12.1 Å². The lowest BCUT2D eigenvalue weighted by Gasteiger charge is -2.44. The standard InChI is InChI=1S/C17H26N4O/c1-20(11-14-6-5-9-18-10-14)16-12-21(13-16)17(22)19-15-7-3-2-4-8-15/h5-6,9-10,15-16H,2-4,7-8,11-13H2,1H3,(H,19,22). The maximum Gasteiger partial charge on any atom is 0.317 e. The molecule has 2 aliphatic rings. The monoisotopic (exact) mass is 302 g/mol. The Kier molecular flexibility index (Phi) is 4.93. The normalized spacial score (nSPS) is 20.0. The van der Waals surface area contributed by atoms with E-state index in [0.717, 1.165) is 32.5 Å². The summed E-state index contributed by atoms with van der Waals surface area (Å²) >= 11 is 0. The number of aromatic nitrogens is 1. The van der Waals surface area contributed by atoms with E-state index >= 15 is 0 Å². The summed E-state index contributed by atoms with van der Waals surface area (Å²) in [6, 6.07) is 5.03. The number of carbonyl (C=O) groups excluding carboxylic acids is 1. The minimum atomic E-state index is 0.123. The molecule has 1 aliphatic carbocycles. The van der Waals surface area contributed by atoms with E-state index in [9.17, 15) is 4.79 Å². The number of rotatable bonds is 4. The zero-order valence-electron chi connectivity index (χ0n) is 13.4. The molecular weight excluding hydrogens is 276 g/mol. The van der Waals surface area contributed by atoms with Crippen LogP contribution in [0.1, 0.15) is 37.7 Å². The Labute approximate surface area is 132 Å². The lowest BCUT2D eigenvalue weighted by molar-refractivity contribution is 0.0667. The lowest BCUT2D eigenvalue weighted by Crippen LogP contribution is -2.62. The molecule has 1 aliphatic heterocycles. The molecule has 2 heterocycles. The summed E-state index contributed by atoms with van der Waals surface area (Å²) in [6.07, 6.45) is 9.81. The van der Waals surface area contributed by atoms with Gasteiger partial charge < -0.3 is 10.2 Å². The van der Waals surface area contributed by atoms with Gasteiger partial charge in [-0.1, -0.05) is 25.3 Å². The van der Waals surface area contributed by atoms with Gasteiger partial charge in [-0.3, -0.25) is 9.88 Å². The molecule has 120 valence electrons. The average Bonchev–Trinajstić information content (AvgIpc) is 2.47. The van der Waals surface area contributed by atoms with Gasteiger partial charge in [-0.25, -0.2) is 4.79 Å². The van der Waals surface area contributed by atoms with Gasteiger partial charge in [0.15, 0.2) is 0 Å². The number of likely N-dealkylation sites (tertiary alicyclic amines) is 1. The van der Waals surface area contributed by atoms with E-state index in [1.807, 2.05) is 17.2 Å². The van der Waals surface area contributed by atoms with E-state index in [-0.39, 0.29) is 6.03 Å². The van der Waals surface area contributed by atoms with Crippen LogP contribution in [0.3, 0.4) is 0 Å². The van der Waals surface area contributed by atoms with E-state index in [4.69, 9.17) is 0 Å². The van der Waals surface area contributed by atoms with Crippen LogP contribution in [0.2, 0.25) is 0 Å². The van der Waals surface area contributed by atoms with Crippen LogP contribution in [0.5, 0.6) is 0 Å². The first-order chi connectivity index (χ1) is 10.7. The fourth-order valence-electron chi connectivity index (χ4n) is 3.32. The van der Waals surface area contributed by atoms with Gasteiger partial charge in [0.2, 0.25) is 0 Å². The highest BCUT2D eigenvalue weighted by molar-refractivity contribution is 5.75. The molecule has 1 saturated carbocycles. The second-order valence-electron chi connectivity index (χ2n) is 6.62. The Morgan fingerprint density at radius 3 is 2.82 bits per heavy atom. The Morgan fingerprint density at radius 1 is 1.36 bits per heavy atom. The van der Waals surface area contributed by atoms with Crippen molar-refractivity contribution in [1.29, 1.82) is 0 Å². The SMILES string of the molecule is CN(Cc1cccnc1)C1CN(C(=O)NC2CCCCC2)C1. The molecule has 2 amide bonds. The second kappa shape index (κ2) is 7.09. The highest BCUT2D eigenvalue weighted by atomic mass is 16.2. The van der Waals surface area contributed by atoms with Gasteiger partial charge in [0.05, 0.1) is 0 Å². The number of likely N-dealkylation sites (N-methyl/N-ethyl adjacent to an activating group) is 1. The second-order valence-corrected chi connectivity index (χ2v) is 6.62. The van der Waals surface area contributed by atoms with Crippen molar-refractivity contribution in [3.05, 3.63) is 30.1 Å². The van der Waals surface area contributed by atoms with Crippen molar-refractivity contribution in [2.24, 2.45) is 0 Å². The minimum Gasteiger partial charge on any atom is -0.335 e. The Bertz CT molecular complexity index is 481. The van der Waals surface area contributed by atoms with Crippen molar-refractivity contribution in [3.8, 4) is 0 Å². The summed E-state index contributed by atoms with van der Waals surface area (Å²) in [6.45, 7) is 2.54. The van der Waals surface area contributed by atoms with E-state index < -0.39 is 0 Å². The summed E-state index contributed by atoms with van der Waals surface area (Å²) < 4.78 is 0. The van der Waals surface area contributed by atoms with Crippen molar-refractivity contribution in [2.45, 2.75) is 50.7 Å². The molecule has 0 aromatic carbocycles. The third kappa shape index (κ3) is 3.77. The zero-order chi connectivity index (χ0) is 15.4. The van der Waals surface area contributed by atoms with Crippen LogP contribution in [0.4, 0.5) is 4.79 Å². The molecule has 1 aromatic rings. The zero-order valence-corrected chi connectivity index (χ0v) is 13.4. The van der Waals surface area contributed by atoms with Crippen molar-refractivity contribution >= 4 is 6.03 Å². The van der Waals surface area contributed by atoms with Crippen molar-refractivity contribution in [2.75, 3.05) is 20.1 Å². The van der Waals surface area contributed by atoms with Crippen LogP contribution < -0.4 is 5.32 Å². The molecule has 0 atom stereocenters. The number of pyridine rings is 1. The molecule has 0 radical (unpaired) electrons. The van der Waals surface area contributed by atoms with Crippen LogP contribution in [-0.4, -0.2) is 53.0 Å². The van der Waals surface area contributed by atoms with Crippen LogP contribution in [0.15, 0.2) is 24.5 Å².